The molecule has 0 atom stereocenters. The predicted octanol–water partition coefficient (Wildman–Crippen LogP) is 4.13. The predicted molar refractivity (Wildman–Crippen MR) is 106 cm³/mol. The molecule has 2 aromatic carbocycles. The van der Waals surface area contributed by atoms with Gasteiger partial charge in [-0.3, -0.25) is 9.59 Å². The Morgan fingerprint density at radius 3 is 2.43 bits per heavy atom. The largest absolute Gasteiger partial charge is 0.454 e. The second kappa shape index (κ2) is 6.75. The van der Waals surface area contributed by atoms with E-state index in [2.05, 4.69) is 11.1 Å². The number of hydrogen-bond donors (Lipinski definition) is 1. The molecule has 0 saturated heterocycles. The number of ether oxygens (including phenoxy) is 1. The number of hydrogen-bond acceptors (Lipinski definition) is 4. The highest BCUT2D eigenvalue weighted by Gasteiger charge is 2.23. The first-order chi connectivity index (χ1) is 13.4. The maximum absolute atomic E-state index is 12.7. The van der Waals surface area contributed by atoms with Gasteiger partial charge in [-0.2, -0.15) is 0 Å². The number of esters is 1. The summed E-state index contributed by atoms with van der Waals surface area (Å²) in [5, 5.41) is 2.00. The number of carbonyl (C=O) groups is 3. The van der Waals surface area contributed by atoms with Crippen molar-refractivity contribution in [3.05, 3.63) is 69.5 Å². The monoisotopic (exact) mass is 375 g/mol. The van der Waals surface area contributed by atoms with Crippen LogP contribution in [0, 0.1) is 13.8 Å². The average Bonchev–Trinajstić information content (AvgIpc) is 3.22. The molecule has 3 aromatic rings. The van der Waals surface area contributed by atoms with Gasteiger partial charge >= 0.3 is 5.97 Å². The molecule has 0 amide bonds. The van der Waals surface area contributed by atoms with E-state index in [-0.39, 0.29) is 18.2 Å². The summed E-state index contributed by atoms with van der Waals surface area (Å²) in [6.45, 7) is 4.56. The number of aromatic nitrogens is 1. The van der Waals surface area contributed by atoms with Gasteiger partial charge in [0.2, 0.25) is 5.78 Å². The fourth-order valence-electron chi connectivity index (χ4n) is 4.26. The Morgan fingerprint density at radius 1 is 1.04 bits per heavy atom. The van der Waals surface area contributed by atoms with E-state index in [1.165, 1.54) is 18.1 Å². The molecule has 28 heavy (non-hydrogen) atoms. The Balaban J connectivity index is 1.56. The summed E-state index contributed by atoms with van der Waals surface area (Å²) in [5.41, 5.74) is 5.03. The normalized spacial score (nSPS) is 12.4. The molecule has 5 nitrogen and oxygen atoms in total. The molecule has 0 aliphatic heterocycles. The van der Waals surface area contributed by atoms with Gasteiger partial charge in [0, 0.05) is 11.3 Å². The number of Topliss-reactive ketones (excluding diaryl/α,β-unsaturated/α-hetero) is 2. The van der Waals surface area contributed by atoms with Gasteiger partial charge in [0.1, 0.15) is 0 Å². The minimum Gasteiger partial charge on any atom is -0.454 e. The van der Waals surface area contributed by atoms with Crippen LogP contribution in [0.1, 0.15) is 60.5 Å². The van der Waals surface area contributed by atoms with Crippen molar-refractivity contribution >= 4 is 28.3 Å². The highest BCUT2D eigenvalue weighted by molar-refractivity contribution is 6.08. The highest BCUT2D eigenvalue weighted by atomic mass is 16.5. The van der Waals surface area contributed by atoms with E-state index < -0.39 is 5.97 Å². The molecule has 0 unspecified atom stereocenters. The van der Waals surface area contributed by atoms with Crippen LogP contribution in [0.2, 0.25) is 0 Å². The van der Waals surface area contributed by atoms with E-state index in [0.29, 0.717) is 28.1 Å². The van der Waals surface area contributed by atoms with Crippen molar-refractivity contribution in [3.63, 3.8) is 0 Å². The number of aromatic amines is 1. The van der Waals surface area contributed by atoms with Crippen molar-refractivity contribution in [1.82, 2.24) is 4.98 Å². The van der Waals surface area contributed by atoms with Crippen molar-refractivity contribution in [2.24, 2.45) is 0 Å². The first-order valence-electron chi connectivity index (χ1n) is 9.32. The van der Waals surface area contributed by atoms with Gasteiger partial charge in [0.15, 0.2) is 12.4 Å². The third-order valence-corrected chi connectivity index (χ3v) is 5.50. The number of aryl methyl sites for hydroxylation is 3. The molecule has 0 bridgehead atoms. The van der Waals surface area contributed by atoms with Crippen LogP contribution in [0.3, 0.4) is 0 Å². The van der Waals surface area contributed by atoms with E-state index in [1.807, 2.05) is 18.2 Å². The third kappa shape index (κ3) is 2.83. The molecule has 1 aliphatic rings. The standard InChI is InChI=1S/C23H21NO4/c1-12-20(14(3)25)13(2)24-22(12)19(26)11-28-23(27)18-10-9-16-8-7-15-5-4-6-17(18)21(15)16/h4-6,9-10,24H,7-8,11H2,1-3H3. The Bertz CT molecular complexity index is 1140. The van der Waals surface area contributed by atoms with E-state index in [0.717, 1.165) is 23.6 Å². The zero-order chi connectivity index (χ0) is 20.0. The van der Waals surface area contributed by atoms with Crippen molar-refractivity contribution in [2.45, 2.75) is 33.6 Å². The zero-order valence-electron chi connectivity index (χ0n) is 16.1. The van der Waals surface area contributed by atoms with Gasteiger partial charge in [0.05, 0.1) is 11.3 Å². The van der Waals surface area contributed by atoms with Gasteiger partial charge in [-0.15, -0.1) is 0 Å². The zero-order valence-corrected chi connectivity index (χ0v) is 16.1. The quantitative estimate of drug-likeness (QED) is 0.537. The lowest BCUT2D eigenvalue weighted by atomic mass is 10.00. The smallest absolute Gasteiger partial charge is 0.339 e. The molecule has 0 radical (unpaired) electrons. The van der Waals surface area contributed by atoms with Gasteiger partial charge in [-0.05, 0) is 67.1 Å². The first-order valence-corrected chi connectivity index (χ1v) is 9.32. The SMILES string of the molecule is CC(=O)c1c(C)[nH]c(C(=O)COC(=O)c2ccc3c4c(cccc24)CC3)c1C. The summed E-state index contributed by atoms with van der Waals surface area (Å²) in [5.74, 6) is -0.973. The van der Waals surface area contributed by atoms with Crippen LogP contribution in [0.5, 0.6) is 0 Å². The topological polar surface area (TPSA) is 76.2 Å². The average molecular weight is 375 g/mol. The van der Waals surface area contributed by atoms with Crippen molar-refractivity contribution < 1.29 is 19.1 Å². The molecule has 1 N–H and O–H groups in total. The molecule has 0 spiro atoms. The van der Waals surface area contributed by atoms with Crippen LogP contribution in [-0.2, 0) is 17.6 Å². The van der Waals surface area contributed by atoms with Crippen LogP contribution in [0.15, 0.2) is 30.3 Å². The number of H-pyrrole nitrogens is 1. The molecule has 1 aromatic heterocycles. The summed E-state index contributed by atoms with van der Waals surface area (Å²) in [6, 6.07) is 9.69. The Hall–Kier alpha value is -3.21. The molecular weight excluding hydrogens is 354 g/mol. The van der Waals surface area contributed by atoms with Gasteiger partial charge < -0.3 is 9.72 Å². The van der Waals surface area contributed by atoms with Crippen LogP contribution >= 0.6 is 0 Å². The fraction of sp³-hybridized carbons (Fsp3) is 0.261. The number of rotatable bonds is 5. The van der Waals surface area contributed by atoms with Crippen LogP contribution in [0.4, 0.5) is 0 Å². The maximum atomic E-state index is 12.7. The maximum Gasteiger partial charge on any atom is 0.339 e. The van der Waals surface area contributed by atoms with Crippen molar-refractivity contribution in [1.29, 1.82) is 0 Å². The van der Waals surface area contributed by atoms with Crippen molar-refractivity contribution in [2.75, 3.05) is 6.61 Å². The van der Waals surface area contributed by atoms with E-state index in [1.54, 1.807) is 19.9 Å². The molecule has 0 fully saturated rings. The number of benzene rings is 2. The molecule has 4 rings (SSSR count). The Labute approximate surface area is 162 Å². The third-order valence-electron chi connectivity index (χ3n) is 5.50. The molecule has 0 saturated carbocycles. The van der Waals surface area contributed by atoms with Gasteiger partial charge in [0.25, 0.3) is 0 Å². The molecular formula is C23H21NO4. The lowest BCUT2D eigenvalue weighted by molar-refractivity contribution is 0.0475. The number of ketones is 2. The minimum atomic E-state index is -0.517. The first kappa shape index (κ1) is 18.2. The molecule has 1 aliphatic carbocycles. The minimum absolute atomic E-state index is 0.102. The number of nitrogens with one attached hydrogen (secondary N) is 1. The van der Waals surface area contributed by atoms with Gasteiger partial charge in [-0.25, -0.2) is 4.79 Å². The number of carbonyl (C=O) groups excluding carboxylic acids is 3. The van der Waals surface area contributed by atoms with E-state index in [9.17, 15) is 14.4 Å². The summed E-state index contributed by atoms with van der Waals surface area (Å²) < 4.78 is 5.32. The van der Waals surface area contributed by atoms with E-state index >= 15 is 0 Å². The van der Waals surface area contributed by atoms with E-state index in [4.69, 9.17) is 4.74 Å². The summed E-state index contributed by atoms with van der Waals surface area (Å²) in [6.07, 6.45) is 1.96. The summed E-state index contributed by atoms with van der Waals surface area (Å²) in [7, 11) is 0. The second-order valence-corrected chi connectivity index (χ2v) is 7.29. The molecule has 5 heteroatoms. The lowest BCUT2D eigenvalue weighted by Crippen LogP contribution is -2.16. The Kier molecular flexibility index (Phi) is 4.38. The summed E-state index contributed by atoms with van der Waals surface area (Å²) >= 11 is 0. The summed E-state index contributed by atoms with van der Waals surface area (Å²) in [4.78, 5) is 39.9. The second-order valence-electron chi connectivity index (χ2n) is 7.29. The van der Waals surface area contributed by atoms with Crippen molar-refractivity contribution in [3.8, 4) is 0 Å². The van der Waals surface area contributed by atoms with Crippen LogP contribution < -0.4 is 0 Å². The fourth-order valence-corrected chi connectivity index (χ4v) is 4.26. The van der Waals surface area contributed by atoms with Gasteiger partial charge in [-0.1, -0.05) is 24.3 Å². The molecule has 1 heterocycles. The van der Waals surface area contributed by atoms with Crippen LogP contribution in [-0.4, -0.2) is 29.1 Å². The van der Waals surface area contributed by atoms with Crippen LogP contribution in [0.25, 0.3) is 10.8 Å². The highest BCUT2D eigenvalue weighted by Crippen LogP contribution is 2.33. The lowest BCUT2D eigenvalue weighted by Gasteiger charge is -2.09. The molecule has 142 valence electrons. The Morgan fingerprint density at radius 2 is 1.75 bits per heavy atom.